The lowest BCUT2D eigenvalue weighted by Crippen LogP contribution is -2.40. The van der Waals surface area contributed by atoms with E-state index in [1.807, 2.05) is 6.07 Å². The van der Waals surface area contributed by atoms with Crippen LogP contribution in [0.2, 0.25) is 0 Å². The molecule has 0 atom stereocenters. The molecular weight excluding hydrogens is 523 g/mol. The third kappa shape index (κ3) is 5.54. The van der Waals surface area contributed by atoms with E-state index >= 15 is 0 Å². The van der Waals surface area contributed by atoms with Gasteiger partial charge < -0.3 is 20.7 Å². The highest BCUT2D eigenvalue weighted by atomic mass is 19.4. The number of nitrogens with two attached hydrogens (primary N) is 1. The van der Waals surface area contributed by atoms with Gasteiger partial charge in [-0.25, -0.2) is 9.97 Å². The van der Waals surface area contributed by atoms with Crippen LogP contribution in [0.3, 0.4) is 0 Å². The van der Waals surface area contributed by atoms with Crippen molar-refractivity contribution in [3.8, 4) is 11.3 Å². The molecular formula is C29H26F3N5O3. The summed E-state index contributed by atoms with van der Waals surface area (Å²) in [5, 5.41) is 3.18. The number of anilines is 3. The average molecular weight is 550 g/mol. The Morgan fingerprint density at radius 2 is 1.68 bits per heavy atom. The minimum atomic E-state index is -4.58. The van der Waals surface area contributed by atoms with Crippen molar-refractivity contribution in [3.05, 3.63) is 77.9 Å². The lowest BCUT2D eigenvalue weighted by atomic mass is 9.96. The van der Waals surface area contributed by atoms with E-state index in [1.54, 1.807) is 53.4 Å². The fourth-order valence-corrected chi connectivity index (χ4v) is 4.73. The van der Waals surface area contributed by atoms with Gasteiger partial charge in [0.2, 0.25) is 0 Å². The molecule has 11 heteroatoms. The summed E-state index contributed by atoms with van der Waals surface area (Å²) in [5.74, 6) is -0.291. The maximum Gasteiger partial charge on any atom is 0.416 e. The molecule has 2 heterocycles. The topological polar surface area (TPSA) is 110 Å². The van der Waals surface area contributed by atoms with Crippen LogP contribution in [0.5, 0.6) is 0 Å². The second-order valence-electron chi connectivity index (χ2n) is 9.51. The molecule has 0 radical (unpaired) electrons. The molecule has 1 aromatic heterocycles. The molecule has 206 valence electrons. The van der Waals surface area contributed by atoms with Gasteiger partial charge in [-0.05, 0) is 49.2 Å². The van der Waals surface area contributed by atoms with Crippen molar-refractivity contribution >= 4 is 40.1 Å². The number of nitrogens with one attached hydrogen (secondary N) is 1. The van der Waals surface area contributed by atoms with Crippen LogP contribution < -0.4 is 11.1 Å². The van der Waals surface area contributed by atoms with E-state index in [9.17, 15) is 22.8 Å². The second-order valence-corrected chi connectivity index (χ2v) is 9.51. The molecule has 0 saturated carbocycles. The van der Waals surface area contributed by atoms with Gasteiger partial charge in [0.05, 0.1) is 29.8 Å². The highest BCUT2D eigenvalue weighted by molar-refractivity contribution is 5.95. The first-order valence-electron chi connectivity index (χ1n) is 12.6. The Morgan fingerprint density at radius 3 is 2.30 bits per heavy atom. The first kappa shape index (κ1) is 26.9. The number of aromatic nitrogens is 2. The lowest BCUT2D eigenvalue weighted by Gasteiger charge is -2.30. The largest absolute Gasteiger partial charge is 0.469 e. The maximum absolute atomic E-state index is 13.4. The van der Waals surface area contributed by atoms with Crippen LogP contribution in [0, 0.1) is 5.92 Å². The Hall–Kier alpha value is -4.67. The van der Waals surface area contributed by atoms with Crippen LogP contribution in [-0.2, 0) is 15.7 Å². The number of carbonyl (C=O) groups excluding carboxylic acids is 2. The number of nitrogen functional groups attached to an aromatic ring is 1. The van der Waals surface area contributed by atoms with E-state index in [0.29, 0.717) is 54.3 Å². The summed E-state index contributed by atoms with van der Waals surface area (Å²) < 4.78 is 45.0. The smallest absolute Gasteiger partial charge is 0.416 e. The molecule has 1 fully saturated rings. The lowest BCUT2D eigenvalue weighted by molar-refractivity contribution is -0.146. The zero-order valence-corrected chi connectivity index (χ0v) is 21.5. The van der Waals surface area contributed by atoms with E-state index in [-0.39, 0.29) is 34.5 Å². The highest BCUT2D eigenvalue weighted by Crippen LogP contribution is 2.36. The van der Waals surface area contributed by atoms with Gasteiger partial charge in [0.25, 0.3) is 5.91 Å². The van der Waals surface area contributed by atoms with Crippen molar-refractivity contribution in [1.82, 2.24) is 14.9 Å². The number of likely N-dealkylation sites (tertiary alicyclic amines) is 1. The average Bonchev–Trinajstić information content (AvgIpc) is 2.96. The highest BCUT2D eigenvalue weighted by Gasteiger charge is 2.32. The number of methoxy groups -OCH3 is 1. The number of ether oxygens (including phenoxy) is 1. The zero-order chi connectivity index (χ0) is 28.4. The van der Waals surface area contributed by atoms with Crippen LogP contribution in [0.25, 0.3) is 22.3 Å². The number of rotatable bonds is 5. The molecule has 1 aliphatic heterocycles. The summed E-state index contributed by atoms with van der Waals surface area (Å²) in [6, 6.07) is 17.5. The van der Waals surface area contributed by atoms with Gasteiger partial charge in [0.1, 0.15) is 11.2 Å². The summed E-state index contributed by atoms with van der Waals surface area (Å²) >= 11 is 0. The summed E-state index contributed by atoms with van der Waals surface area (Å²) in [6.45, 7) is 0.923. The monoisotopic (exact) mass is 549 g/mol. The molecule has 4 aromatic rings. The molecule has 0 aliphatic carbocycles. The van der Waals surface area contributed by atoms with Crippen molar-refractivity contribution in [1.29, 1.82) is 0 Å². The number of benzene rings is 3. The molecule has 1 saturated heterocycles. The van der Waals surface area contributed by atoms with E-state index in [0.717, 1.165) is 12.1 Å². The number of piperidine rings is 1. The molecule has 5 rings (SSSR count). The Morgan fingerprint density at radius 1 is 1.00 bits per heavy atom. The number of halogens is 3. The van der Waals surface area contributed by atoms with Crippen LogP contribution >= 0.6 is 0 Å². The molecule has 3 aromatic carbocycles. The number of alkyl halides is 3. The quantitative estimate of drug-likeness (QED) is 0.244. The van der Waals surface area contributed by atoms with Gasteiger partial charge in [-0.15, -0.1) is 0 Å². The van der Waals surface area contributed by atoms with E-state index in [4.69, 9.17) is 10.5 Å². The Labute approximate surface area is 228 Å². The fourth-order valence-electron chi connectivity index (χ4n) is 4.73. The number of fused-ring (bicyclic) bond motifs is 1. The number of esters is 1. The van der Waals surface area contributed by atoms with E-state index in [1.165, 1.54) is 7.11 Å². The molecule has 1 aliphatic rings. The Balaban J connectivity index is 1.42. The summed E-state index contributed by atoms with van der Waals surface area (Å²) in [6.07, 6.45) is -3.48. The van der Waals surface area contributed by atoms with Crippen molar-refractivity contribution < 1.29 is 27.5 Å². The van der Waals surface area contributed by atoms with Crippen molar-refractivity contribution in [2.24, 2.45) is 5.92 Å². The maximum atomic E-state index is 13.4. The fraction of sp³-hybridized carbons (Fsp3) is 0.241. The van der Waals surface area contributed by atoms with Crippen molar-refractivity contribution in [2.75, 3.05) is 31.2 Å². The number of nitrogens with zero attached hydrogens (tertiary/aromatic N) is 3. The van der Waals surface area contributed by atoms with Crippen LogP contribution in [0.1, 0.15) is 28.8 Å². The van der Waals surface area contributed by atoms with Crippen LogP contribution in [-0.4, -0.2) is 46.9 Å². The third-order valence-electron chi connectivity index (χ3n) is 6.89. The molecule has 0 spiro atoms. The normalized spacial score (nSPS) is 14.2. The van der Waals surface area contributed by atoms with Gasteiger partial charge >= 0.3 is 12.1 Å². The van der Waals surface area contributed by atoms with E-state index in [2.05, 4.69) is 15.3 Å². The van der Waals surface area contributed by atoms with Gasteiger partial charge in [-0.1, -0.05) is 30.3 Å². The number of hydrogen-bond acceptors (Lipinski definition) is 7. The standard InChI is InChI=1S/C29H26F3N5O3/c1-40-28(39)19-11-13-37(14-12-19)27(38)18-7-9-21(10-8-18)34-26-24(17-5-3-2-4-6-17)35-23-16-20(29(30,31)32)15-22(33)25(23)36-26/h2-10,15-16,19H,11-14,33H2,1H3,(H,34,36). The van der Waals surface area contributed by atoms with Gasteiger partial charge in [0, 0.05) is 29.9 Å². The zero-order valence-electron chi connectivity index (χ0n) is 21.5. The van der Waals surface area contributed by atoms with E-state index < -0.39 is 11.7 Å². The van der Waals surface area contributed by atoms with Gasteiger partial charge in [-0.3, -0.25) is 9.59 Å². The molecule has 0 unspecified atom stereocenters. The Bertz CT molecular complexity index is 1550. The second kappa shape index (κ2) is 10.8. The number of hydrogen-bond donors (Lipinski definition) is 2. The third-order valence-corrected chi connectivity index (χ3v) is 6.89. The van der Waals surface area contributed by atoms with Crippen LogP contribution in [0.15, 0.2) is 66.7 Å². The minimum Gasteiger partial charge on any atom is -0.469 e. The minimum absolute atomic E-state index is 0.0219. The van der Waals surface area contributed by atoms with Crippen molar-refractivity contribution in [3.63, 3.8) is 0 Å². The molecule has 40 heavy (non-hydrogen) atoms. The first-order valence-corrected chi connectivity index (χ1v) is 12.6. The first-order chi connectivity index (χ1) is 19.1. The summed E-state index contributed by atoms with van der Waals surface area (Å²) in [4.78, 5) is 35.5. The molecule has 8 nitrogen and oxygen atoms in total. The van der Waals surface area contributed by atoms with Crippen LogP contribution in [0.4, 0.5) is 30.4 Å². The predicted octanol–water partition coefficient (Wildman–Crippen LogP) is 5.67. The molecule has 3 N–H and O–H groups in total. The summed E-state index contributed by atoms with van der Waals surface area (Å²) in [7, 11) is 1.36. The van der Waals surface area contributed by atoms with Gasteiger partial charge in [-0.2, -0.15) is 13.2 Å². The predicted molar refractivity (Wildman–Crippen MR) is 145 cm³/mol. The molecule has 0 bridgehead atoms. The summed E-state index contributed by atoms with van der Waals surface area (Å²) in [5.41, 5.74) is 7.16. The molecule has 1 amide bonds. The Kier molecular flexibility index (Phi) is 7.29. The number of amides is 1. The number of carbonyl (C=O) groups is 2. The van der Waals surface area contributed by atoms with Crippen molar-refractivity contribution in [2.45, 2.75) is 19.0 Å². The SMILES string of the molecule is COC(=O)C1CCN(C(=O)c2ccc(Nc3nc4c(N)cc(C(F)(F)F)cc4nc3-c3ccccc3)cc2)CC1. The van der Waals surface area contributed by atoms with Gasteiger partial charge in [0.15, 0.2) is 5.82 Å².